The third kappa shape index (κ3) is 2.23. The molecule has 0 fully saturated rings. The van der Waals surface area contributed by atoms with E-state index in [0.29, 0.717) is 0 Å². The van der Waals surface area contributed by atoms with Gasteiger partial charge in [0.15, 0.2) is 6.23 Å². The minimum Gasteiger partial charge on any atom is -0.465 e. The van der Waals surface area contributed by atoms with Crippen LogP contribution in [0.3, 0.4) is 0 Å². The average Bonchev–Trinajstić information content (AvgIpc) is 2.89. The van der Waals surface area contributed by atoms with Gasteiger partial charge in [0.1, 0.15) is 5.75 Å². The molecule has 0 saturated heterocycles. The lowest BCUT2D eigenvalue weighted by molar-refractivity contribution is 0.280. The van der Waals surface area contributed by atoms with Gasteiger partial charge in [-0.05, 0) is 40.6 Å². The molecule has 0 aliphatic carbocycles. The fourth-order valence-electron chi connectivity index (χ4n) is 2.87. The van der Waals surface area contributed by atoms with Crippen molar-refractivity contribution in [2.75, 3.05) is 11.9 Å². The first-order valence-electron chi connectivity index (χ1n) is 7.47. The van der Waals surface area contributed by atoms with Crippen molar-refractivity contribution in [3.63, 3.8) is 0 Å². The summed E-state index contributed by atoms with van der Waals surface area (Å²) in [5.41, 5.74) is 2.32. The number of anilines is 1. The third-order valence-electron chi connectivity index (χ3n) is 4.10. The van der Waals surface area contributed by atoms with Gasteiger partial charge in [-0.2, -0.15) is 0 Å². The van der Waals surface area contributed by atoms with Crippen molar-refractivity contribution in [2.24, 2.45) is 0 Å². The number of rotatable bonds is 2. The summed E-state index contributed by atoms with van der Waals surface area (Å²) in [5.74, 6) is 0.943. The van der Waals surface area contributed by atoms with Crippen LogP contribution in [-0.2, 0) is 0 Å². The first-order chi connectivity index (χ1) is 10.8. The molecular formula is C20H17NO. The van der Waals surface area contributed by atoms with Gasteiger partial charge in [0.25, 0.3) is 0 Å². The van der Waals surface area contributed by atoms with E-state index in [9.17, 15) is 0 Å². The van der Waals surface area contributed by atoms with Gasteiger partial charge in [-0.3, -0.25) is 0 Å². The smallest absolute Gasteiger partial charge is 0.192 e. The second-order valence-electron chi connectivity index (χ2n) is 5.55. The highest BCUT2D eigenvalue weighted by molar-refractivity contribution is 5.84. The highest BCUT2D eigenvalue weighted by Gasteiger charge is 2.24. The fraction of sp³-hybridized carbons (Fsp3) is 0.100. The summed E-state index contributed by atoms with van der Waals surface area (Å²) in [5, 5.41) is 2.52. The molecule has 108 valence electrons. The van der Waals surface area contributed by atoms with Gasteiger partial charge in [-0.15, -0.1) is 0 Å². The van der Waals surface area contributed by atoms with Gasteiger partial charge in [0, 0.05) is 7.05 Å². The minimum absolute atomic E-state index is 0.0520. The Kier molecular flexibility index (Phi) is 3.08. The van der Waals surface area contributed by atoms with E-state index in [1.54, 1.807) is 0 Å². The molecule has 3 aromatic carbocycles. The molecule has 1 unspecified atom stereocenters. The summed E-state index contributed by atoms with van der Waals surface area (Å²) in [7, 11) is 2.06. The van der Waals surface area contributed by atoms with E-state index in [1.165, 1.54) is 16.3 Å². The van der Waals surface area contributed by atoms with Gasteiger partial charge in [0.2, 0.25) is 0 Å². The van der Waals surface area contributed by atoms with Crippen molar-refractivity contribution in [1.29, 1.82) is 0 Å². The molecule has 22 heavy (non-hydrogen) atoms. The van der Waals surface area contributed by atoms with Gasteiger partial charge >= 0.3 is 0 Å². The molecule has 2 nitrogen and oxygen atoms in total. The van der Waals surface area contributed by atoms with E-state index in [2.05, 4.69) is 72.6 Å². The molecule has 0 bridgehead atoms. The Morgan fingerprint density at radius 1 is 0.909 bits per heavy atom. The summed E-state index contributed by atoms with van der Waals surface area (Å²) < 4.78 is 5.97. The largest absolute Gasteiger partial charge is 0.465 e. The Bertz CT molecular complexity index is 853. The number of fused-ring (bicyclic) bond motifs is 2. The zero-order valence-electron chi connectivity index (χ0n) is 12.4. The first kappa shape index (κ1) is 13.0. The molecule has 0 N–H and O–H groups in total. The third-order valence-corrected chi connectivity index (χ3v) is 4.10. The van der Waals surface area contributed by atoms with Crippen molar-refractivity contribution < 1.29 is 4.74 Å². The van der Waals surface area contributed by atoms with Crippen LogP contribution in [0.5, 0.6) is 5.75 Å². The van der Waals surface area contributed by atoms with Gasteiger partial charge in [-0.25, -0.2) is 0 Å². The highest BCUT2D eigenvalue weighted by atomic mass is 16.5. The van der Waals surface area contributed by atoms with Gasteiger partial charge < -0.3 is 9.64 Å². The fourth-order valence-corrected chi connectivity index (χ4v) is 2.87. The van der Waals surface area contributed by atoms with Crippen LogP contribution in [0, 0.1) is 0 Å². The van der Waals surface area contributed by atoms with Gasteiger partial charge in [-0.1, -0.05) is 54.6 Å². The molecule has 0 spiro atoms. The molecule has 1 aliphatic rings. The maximum absolute atomic E-state index is 5.97. The van der Waals surface area contributed by atoms with Crippen LogP contribution in [0.15, 0.2) is 72.8 Å². The lowest BCUT2D eigenvalue weighted by Crippen LogP contribution is -2.28. The number of benzene rings is 3. The van der Waals surface area contributed by atoms with Crippen molar-refractivity contribution in [3.05, 3.63) is 78.4 Å². The monoisotopic (exact) mass is 287 g/mol. The summed E-state index contributed by atoms with van der Waals surface area (Å²) in [6, 6.07) is 23.0. The quantitative estimate of drug-likeness (QED) is 0.677. The summed E-state index contributed by atoms with van der Waals surface area (Å²) in [4.78, 5) is 2.15. The summed E-state index contributed by atoms with van der Waals surface area (Å²) in [6.07, 6.45) is 4.17. The van der Waals surface area contributed by atoms with Crippen LogP contribution >= 0.6 is 0 Å². The molecular weight excluding hydrogens is 270 g/mol. The molecule has 0 amide bonds. The SMILES string of the molecule is CN1c2ccccc2OC1C=Cc1ccc2ccccc2c1. The Morgan fingerprint density at radius 2 is 1.68 bits per heavy atom. The number of nitrogens with zero attached hydrogens (tertiary/aromatic N) is 1. The zero-order valence-corrected chi connectivity index (χ0v) is 12.4. The van der Waals surface area contributed by atoms with E-state index in [1.807, 2.05) is 18.2 Å². The standard InChI is InChI=1S/C20H17NO/c1-21-18-8-4-5-9-19(18)22-20(21)13-11-15-10-12-16-6-2-3-7-17(16)14-15/h2-14,20H,1H3. The second-order valence-corrected chi connectivity index (χ2v) is 5.55. The second kappa shape index (κ2) is 5.23. The molecule has 1 atom stereocenters. The van der Waals surface area contributed by atoms with Crippen molar-refractivity contribution in [1.82, 2.24) is 0 Å². The van der Waals surface area contributed by atoms with Crippen molar-refractivity contribution >= 4 is 22.5 Å². The number of ether oxygens (including phenoxy) is 1. The number of para-hydroxylation sites is 2. The Hall–Kier alpha value is -2.74. The molecule has 3 aromatic rings. The highest BCUT2D eigenvalue weighted by Crippen LogP contribution is 2.36. The maximum atomic E-state index is 5.97. The molecule has 1 aliphatic heterocycles. The van der Waals surface area contributed by atoms with Crippen molar-refractivity contribution in [3.8, 4) is 5.75 Å². The first-order valence-corrected chi connectivity index (χ1v) is 7.47. The Balaban J connectivity index is 1.59. The lowest BCUT2D eigenvalue weighted by Gasteiger charge is -2.16. The minimum atomic E-state index is -0.0520. The number of likely N-dealkylation sites (N-methyl/N-ethyl adjacent to an activating group) is 1. The molecule has 1 heterocycles. The maximum Gasteiger partial charge on any atom is 0.192 e. The lowest BCUT2D eigenvalue weighted by atomic mass is 10.1. The average molecular weight is 287 g/mol. The van der Waals surface area contributed by atoms with Crippen LogP contribution in [0.25, 0.3) is 16.8 Å². The van der Waals surface area contributed by atoms with Crippen LogP contribution in [0.4, 0.5) is 5.69 Å². The van der Waals surface area contributed by atoms with Crippen LogP contribution < -0.4 is 9.64 Å². The molecule has 0 radical (unpaired) electrons. The van der Waals surface area contributed by atoms with E-state index in [-0.39, 0.29) is 6.23 Å². The zero-order chi connectivity index (χ0) is 14.9. The molecule has 0 saturated carbocycles. The Labute approximate surface area is 130 Å². The topological polar surface area (TPSA) is 12.5 Å². The predicted molar refractivity (Wildman–Crippen MR) is 92.2 cm³/mol. The van der Waals surface area contributed by atoms with Crippen LogP contribution in [0.1, 0.15) is 5.56 Å². The Morgan fingerprint density at radius 3 is 2.55 bits per heavy atom. The summed E-state index contributed by atoms with van der Waals surface area (Å²) in [6.45, 7) is 0. The van der Waals surface area contributed by atoms with E-state index >= 15 is 0 Å². The summed E-state index contributed by atoms with van der Waals surface area (Å²) >= 11 is 0. The van der Waals surface area contributed by atoms with E-state index in [0.717, 1.165) is 11.4 Å². The van der Waals surface area contributed by atoms with E-state index in [4.69, 9.17) is 4.74 Å². The van der Waals surface area contributed by atoms with E-state index < -0.39 is 0 Å². The van der Waals surface area contributed by atoms with Crippen LogP contribution in [-0.4, -0.2) is 13.3 Å². The normalized spacial score (nSPS) is 17.0. The van der Waals surface area contributed by atoms with Crippen molar-refractivity contribution in [2.45, 2.75) is 6.23 Å². The van der Waals surface area contributed by atoms with Crippen LogP contribution in [0.2, 0.25) is 0 Å². The molecule has 0 aromatic heterocycles. The van der Waals surface area contributed by atoms with Gasteiger partial charge in [0.05, 0.1) is 5.69 Å². The molecule has 2 heteroatoms. The predicted octanol–water partition coefficient (Wildman–Crippen LogP) is 4.71. The number of hydrogen-bond acceptors (Lipinski definition) is 2. The molecule has 4 rings (SSSR count). The number of hydrogen-bond donors (Lipinski definition) is 0.